The van der Waals surface area contributed by atoms with Gasteiger partial charge in [0.15, 0.2) is 0 Å². The van der Waals surface area contributed by atoms with E-state index in [9.17, 15) is 0 Å². The van der Waals surface area contributed by atoms with E-state index in [0.717, 1.165) is 5.92 Å². The first-order valence-electron chi connectivity index (χ1n) is 12.5. The van der Waals surface area contributed by atoms with Crippen LogP contribution >= 0.6 is 0 Å². The minimum Gasteiger partial charge on any atom is -0.317 e. The zero-order chi connectivity index (χ0) is 19.1. The summed E-state index contributed by atoms with van der Waals surface area (Å²) in [6.45, 7) is 9.54. The number of nitrogens with one attached hydrogen (secondary N) is 1. The Kier molecular flexibility index (Phi) is 23.0. The van der Waals surface area contributed by atoms with E-state index in [4.69, 9.17) is 0 Å². The monoisotopic (exact) mass is 367 g/mol. The molecule has 0 heterocycles. The van der Waals surface area contributed by atoms with Crippen LogP contribution in [0.15, 0.2) is 0 Å². The summed E-state index contributed by atoms with van der Waals surface area (Å²) in [5.74, 6) is 0.959. The maximum absolute atomic E-state index is 3.63. The van der Waals surface area contributed by atoms with Crippen molar-refractivity contribution in [2.45, 2.75) is 143 Å². The molecular formula is C25H53N. The average molecular weight is 368 g/mol. The highest BCUT2D eigenvalue weighted by molar-refractivity contribution is 4.56. The second kappa shape index (κ2) is 23.0. The van der Waals surface area contributed by atoms with Gasteiger partial charge in [0.2, 0.25) is 0 Å². The summed E-state index contributed by atoms with van der Waals surface area (Å²) in [7, 11) is 0. The zero-order valence-corrected chi connectivity index (χ0v) is 18.9. The fourth-order valence-electron chi connectivity index (χ4n) is 3.85. The molecule has 0 aliphatic carbocycles. The Morgan fingerprint density at radius 2 is 0.808 bits per heavy atom. The van der Waals surface area contributed by atoms with Gasteiger partial charge in [-0.3, -0.25) is 0 Å². The molecule has 0 aromatic heterocycles. The first kappa shape index (κ1) is 26.0. The van der Waals surface area contributed by atoms with Gasteiger partial charge in [-0.05, 0) is 31.8 Å². The molecule has 0 fully saturated rings. The van der Waals surface area contributed by atoms with E-state index in [1.165, 1.54) is 135 Å². The van der Waals surface area contributed by atoms with E-state index in [1.807, 2.05) is 0 Å². The van der Waals surface area contributed by atoms with Crippen LogP contribution in [-0.4, -0.2) is 13.1 Å². The Labute approximate surface area is 167 Å². The summed E-state index contributed by atoms with van der Waals surface area (Å²) in [5.41, 5.74) is 0. The van der Waals surface area contributed by atoms with Gasteiger partial charge in [0.1, 0.15) is 0 Å². The zero-order valence-electron chi connectivity index (χ0n) is 18.9. The van der Waals surface area contributed by atoms with Crippen molar-refractivity contribution < 1.29 is 0 Å². The van der Waals surface area contributed by atoms with Crippen LogP contribution in [-0.2, 0) is 0 Å². The molecule has 0 bridgehead atoms. The van der Waals surface area contributed by atoms with Gasteiger partial charge in [-0.1, -0.05) is 130 Å². The van der Waals surface area contributed by atoms with E-state index in [1.54, 1.807) is 0 Å². The topological polar surface area (TPSA) is 12.0 Å². The molecule has 26 heavy (non-hydrogen) atoms. The molecule has 0 spiro atoms. The fraction of sp³-hybridized carbons (Fsp3) is 1.00. The lowest BCUT2D eigenvalue weighted by Crippen LogP contribution is -2.16. The molecule has 0 aromatic carbocycles. The Bertz CT molecular complexity index is 238. The van der Waals surface area contributed by atoms with Crippen LogP contribution in [0.4, 0.5) is 0 Å². The Morgan fingerprint density at radius 1 is 0.462 bits per heavy atom. The van der Waals surface area contributed by atoms with Crippen molar-refractivity contribution in [3.8, 4) is 0 Å². The number of hydrogen-bond acceptors (Lipinski definition) is 1. The first-order chi connectivity index (χ1) is 12.8. The molecule has 0 aliphatic heterocycles. The Hall–Kier alpha value is -0.0400. The summed E-state index contributed by atoms with van der Waals surface area (Å²) >= 11 is 0. The standard InChI is InChI=1S/C25H53N/c1-4-6-8-10-11-15-19-23-26-24-20-16-12-14-18-22-25(3)21-17-13-9-7-5-2/h25-26H,4-24H2,1-3H3. The van der Waals surface area contributed by atoms with Crippen molar-refractivity contribution in [2.75, 3.05) is 13.1 Å². The lowest BCUT2D eigenvalue weighted by molar-refractivity contribution is 0.432. The minimum absolute atomic E-state index is 0.959. The quantitative estimate of drug-likeness (QED) is 0.189. The van der Waals surface area contributed by atoms with Crippen LogP contribution in [0.25, 0.3) is 0 Å². The largest absolute Gasteiger partial charge is 0.317 e. The van der Waals surface area contributed by atoms with Crippen LogP contribution in [0, 0.1) is 5.92 Å². The molecule has 1 N–H and O–H groups in total. The van der Waals surface area contributed by atoms with Crippen molar-refractivity contribution in [1.29, 1.82) is 0 Å². The maximum Gasteiger partial charge on any atom is -0.00489 e. The van der Waals surface area contributed by atoms with Crippen LogP contribution in [0.5, 0.6) is 0 Å². The van der Waals surface area contributed by atoms with Gasteiger partial charge < -0.3 is 5.32 Å². The van der Waals surface area contributed by atoms with E-state index in [2.05, 4.69) is 26.1 Å². The van der Waals surface area contributed by atoms with Crippen LogP contribution in [0.2, 0.25) is 0 Å². The van der Waals surface area contributed by atoms with Gasteiger partial charge >= 0.3 is 0 Å². The van der Waals surface area contributed by atoms with Crippen molar-refractivity contribution in [2.24, 2.45) is 5.92 Å². The highest BCUT2D eigenvalue weighted by Gasteiger charge is 2.02. The van der Waals surface area contributed by atoms with E-state index < -0.39 is 0 Å². The lowest BCUT2D eigenvalue weighted by atomic mass is 9.96. The van der Waals surface area contributed by atoms with Gasteiger partial charge in [0.05, 0.1) is 0 Å². The summed E-state index contributed by atoms with van der Waals surface area (Å²) in [5, 5.41) is 3.63. The molecule has 1 unspecified atom stereocenters. The first-order valence-corrected chi connectivity index (χ1v) is 12.5. The number of hydrogen-bond donors (Lipinski definition) is 1. The van der Waals surface area contributed by atoms with Crippen molar-refractivity contribution in [3.05, 3.63) is 0 Å². The molecule has 0 aliphatic rings. The summed E-state index contributed by atoms with van der Waals surface area (Å²) in [4.78, 5) is 0. The Morgan fingerprint density at radius 3 is 1.23 bits per heavy atom. The SMILES string of the molecule is CCCCCCCCCNCCCCCCCC(C)CCCCCCC. The molecule has 158 valence electrons. The average Bonchev–Trinajstić information content (AvgIpc) is 2.64. The third-order valence-electron chi connectivity index (χ3n) is 5.81. The minimum atomic E-state index is 0.959. The van der Waals surface area contributed by atoms with E-state index in [0.29, 0.717) is 0 Å². The van der Waals surface area contributed by atoms with Gasteiger partial charge in [-0.2, -0.15) is 0 Å². The molecule has 1 nitrogen and oxygen atoms in total. The summed E-state index contributed by atoms with van der Waals surface area (Å²) < 4.78 is 0. The van der Waals surface area contributed by atoms with Crippen LogP contribution < -0.4 is 5.32 Å². The predicted octanol–water partition coefficient (Wildman–Crippen LogP) is 8.66. The third-order valence-corrected chi connectivity index (χ3v) is 5.81. The molecular weight excluding hydrogens is 314 g/mol. The number of rotatable bonds is 22. The second-order valence-corrected chi connectivity index (χ2v) is 8.74. The highest BCUT2D eigenvalue weighted by Crippen LogP contribution is 2.18. The predicted molar refractivity (Wildman–Crippen MR) is 121 cm³/mol. The molecule has 0 aromatic rings. The number of unbranched alkanes of at least 4 members (excludes halogenated alkanes) is 14. The summed E-state index contributed by atoms with van der Waals surface area (Å²) in [6, 6.07) is 0. The highest BCUT2D eigenvalue weighted by atomic mass is 14.8. The fourth-order valence-corrected chi connectivity index (χ4v) is 3.85. The van der Waals surface area contributed by atoms with E-state index >= 15 is 0 Å². The molecule has 0 rings (SSSR count). The normalized spacial score (nSPS) is 12.6. The lowest BCUT2D eigenvalue weighted by Gasteiger charge is -2.11. The van der Waals surface area contributed by atoms with Crippen molar-refractivity contribution in [3.63, 3.8) is 0 Å². The van der Waals surface area contributed by atoms with Crippen molar-refractivity contribution in [1.82, 2.24) is 5.32 Å². The van der Waals surface area contributed by atoms with Gasteiger partial charge in [0, 0.05) is 0 Å². The van der Waals surface area contributed by atoms with Gasteiger partial charge in [0.25, 0.3) is 0 Å². The smallest absolute Gasteiger partial charge is 0.00489 e. The van der Waals surface area contributed by atoms with Crippen LogP contribution in [0.1, 0.15) is 143 Å². The molecule has 0 amide bonds. The third kappa shape index (κ3) is 22.0. The van der Waals surface area contributed by atoms with Gasteiger partial charge in [-0.25, -0.2) is 0 Å². The van der Waals surface area contributed by atoms with Gasteiger partial charge in [-0.15, -0.1) is 0 Å². The molecule has 1 atom stereocenters. The Balaban J connectivity index is 3.08. The maximum atomic E-state index is 3.63. The summed E-state index contributed by atoms with van der Waals surface area (Å²) in [6.07, 6.45) is 27.2. The molecule has 1 heteroatoms. The van der Waals surface area contributed by atoms with E-state index in [-0.39, 0.29) is 0 Å². The van der Waals surface area contributed by atoms with Crippen LogP contribution in [0.3, 0.4) is 0 Å². The van der Waals surface area contributed by atoms with Crippen molar-refractivity contribution >= 4 is 0 Å². The molecule has 0 saturated carbocycles. The molecule has 0 saturated heterocycles. The molecule has 0 radical (unpaired) electrons. The second-order valence-electron chi connectivity index (χ2n) is 8.74.